The quantitative estimate of drug-likeness (QED) is 0.894. The molecule has 19 heavy (non-hydrogen) atoms. The van der Waals surface area contributed by atoms with E-state index >= 15 is 0 Å². The molecule has 3 rings (SSSR count). The van der Waals surface area contributed by atoms with Crippen LogP contribution in [0.4, 0.5) is 10.4 Å². The molecule has 0 atom stereocenters. The van der Waals surface area contributed by atoms with Gasteiger partial charge in [-0.2, -0.15) is 4.98 Å². The monoisotopic (exact) mass is 264 g/mol. The highest BCUT2D eigenvalue weighted by Crippen LogP contribution is 2.29. The molecule has 0 unspecified atom stereocenters. The molecule has 1 aromatic heterocycles. The number of hydrogen-bond acceptors (Lipinski definition) is 4. The summed E-state index contributed by atoms with van der Waals surface area (Å²) in [5.41, 5.74) is -0.0592. The van der Waals surface area contributed by atoms with Gasteiger partial charge < -0.3 is 14.8 Å². The zero-order valence-electron chi connectivity index (χ0n) is 10.7. The van der Waals surface area contributed by atoms with Gasteiger partial charge in [-0.3, -0.25) is 0 Å². The number of aliphatic hydroxyl groups is 1. The van der Waals surface area contributed by atoms with Gasteiger partial charge in [0.1, 0.15) is 5.52 Å². The molecule has 1 heterocycles. The van der Waals surface area contributed by atoms with E-state index in [2.05, 4.69) is 10.3 Å². The van der Waals surface area contributed by atoms with Gasteiger partial charge >= 0.3 is 0 Å². The standard InChI is InChI=1S/C14H17FN2O2/c15-10-5-4-6-11-12(10)17-13(19-11)16-9-14(18)7-2-1-3-8-14/h4-6,18H,1-3,7-9H2,(H,16,17). The summed E-state index contributed by atoms with van der Waals surface area (Å²) in [5.74, 6) is -0.398. The van der Waals surface area contributed by atoms with Crippen LogP contribution in [-0.2, 0) is 0 Å². The van der Waals surface area contributed by atoms with Gasteiger partial charge in [0.2, 0.25) is 0 Å². The fraction of sp³-hybridized carbons (Fsp3) is 0.500. The number of benzene rings is 1. The normalized spacial score (nSPS) is 18.6. The summed E-state index contributed by atoms with van der Waals surface area (Å²) in [6.45, 7) is 0.390. The summed E-state index contributed by atoms with van der Waals surface area (Å²) in [5, 5.41) is 13.3. The molecule has 0 spiro atoms. The van der Waals surface area contributed by atoms with E-state index in [1.165, 1.54) is 12.5 Å². The van der Waals surface area contributed by atoms with Crippen LogP contribution in [0.1, 0.15) is 32.1 Å². The Balaban J connectivity index is 1.73. The Labute approximate surface area is 110 Å². The predicted molar refractivity (Wildman–Crippen MR) is 70.5 cm³/mol. The van der Waals surface area contributed by atoms with Crippen LogP contribution in [0, 0.1) is 5.82 Å². The summed E-state index contributed by atoms with van der Waals surface area (Å²) >= 11 is 0. The Hall–Kier alpha value is -1.62. The molecule has 0 amide bonds. The maximum Gasteiger partial charge on any atom is 0.295 e. The smallest absolute Gasteiger partial charge is 0.295 e. The van der Waals surface area contributed by atoms with Crippen molar-refractivity contribution in [3.05, 3.63) is 24.0 Å². The van der Waals surface area contributed by atoms with Crippen molar-refractivity contribution < 1.29 is 13.9 Å². The number of rotatable bonds is 3. The van der Waals surface area contributed by atoms with Gasteiger partial charge in [0.25, 0.3) is 6.01 Å². The largest absolute Gasteiger partial charge is 0.423 e. The Bertz CT molecular complexity index is 576. The number of anilines is 1. The van der Waals surface area contributed by atoms with E-state index < -0.39 is 11.4 Å². The van der Waals surface area contributed by atoms with E-state index in [0.717, 1.165) is 25.7 Å². The van der Waals surface area contributed by atoms with Crippen LogP contribution < -0.4 is 5.32 Å². The van der Waals surface area contributed by atoms with E-state index in [4.69, 9.17) is 4.42 Å². The average Bonchev–Trinajstić information content (AvgIpc) is 2.82. The van der Waals surface area contributed by atoms with Crippen LogP contribution in [-0.4, -0.2) is 22.2 Å². The number of fused-ring (bicyclic) bond motifs is 1. The highest BCUT2D eigenvalue weighted by Gasteiger charge is 2.29. The lowest BCUT2D eigenvalue weighted by molar-refractivity contribution is 0.0163. The van der Waals surface area contributed by atoms with Crippen LogP contribution in [0.2, 0.25) is 0 Å². The van der Waals surface area contributed by atoms with Crippen LogP contribution in [0.5, 0.6) is 0 Å². The van der Waals surface area contributed by atoms with Crippen LogP contribution in [0.15, 0.2) is 22.6 Å². The van der Waals surface area contributed by atoms with Crippen molar-refractivity contribution in [3.63, 3.8) is 0 Å². The number of halogens is 1. The van der Waals surface area contributed by atoms with Gasteiger partial charge in [-0.05, 0) is 25.0 Å². The third-order valence-corrected chi connectivity index (χ3v) is 3.72. The van der Waals surface area contributed by atoms with Gasteiger partial charge in [-0.15, -0.1) is 0 Å². The van der Waals surface area contributed by atoms with Gasteiger partial charge in [-0.25, -0.2) is 4.39 Å². The van der Waals surface area contributed by atoms with Crippen LogP contribution in [0.25, 0.3) is 11.1 Å². The van der Waals surface area contributed by atoms with Crippen LogP contribution >= 0.6 is 0 Å². The zero-order chi connectivity index (χ0) is 13.3. The molecule has 0 aliphatic heterocycles. The molecule has 5 heteroatoms. The van der Waals surface area contributed by atoms with Crippen molar-refractivity contribution in [3.8, 4) is 0 Å². The lowest BCUT2D eigenvalue weighted by atomic mass is 9.85. The number of nitrogens with one attached hydrogen (secondary N) is 1. The summed E-state index contributed by atoms with van der Waals surface area (Å²) in [7, 11) is 0. The first-order valence-electron chi connectivity index (χ1n) is 6.68. The van der Waals surface area contributed by atoms with E-state index in [-0.39, 0.29) is 11.5 Å². The minimum absolute atomic E-state index is 0.223. The molecule has 1 aliphatic carbocycles. The van der Waals surface area contributed by atoms with Gasteiger partial charge in [0, 0.05) is 6.54 Å². The first-order chi connectivity index (χ1) is 9.16. The van der Waals surface area contributed by atoms with E-state index in [1.807, 2.05) is 0 Å². The minimum Gasteiger partial charge on any atom is -0.423 e. The molecule has 0 bridgehead atoms. The summed E-state index contributed by atoms with van der Waals surface area (Å²) in [6.07, 6.45) is 4.83. The third kappa shape index (κ3) is 2.56. The van der Waals surface area contributed by atoms with Crippen LogP contribution in [0.3, 0.4) is 0 Å². The highest BCUT2D eigenvalue weighted by molar-refractivity contribution is 5.74. The molecular weight excluding hydrogens is 247 g/mol. The second-order valence-electron chi connectivity index (χ2n) is 5.24. The van der Waals surface area contributed by atoms with Crippen molar-refractivity contribution in [2.75, 3.05) is 11.9 Å². The molecule has 102 valence electrons. The number of hydrogen-bond donors (Lipinski definition) is 2. The van der Waals surface area contributed by atoms with Crippen molar-refractivity contribution in [1.29, 1.82) is 0 Å². The SMILES string of the molecule is OC1(CNc2nc3c(F)cccc3o2)CCCCC1. The molecule has 2 aromatic rings. The number of para-hydroxylation sites is 1. The van der Waals surface area contributed by atoms with Crippen molar-refractivity contribution in [2.24, 2.45) is 0 Å². The third-order valence-electron chi connectivity index (χ3n) is 3.72. The maximum atomic E-state index is 13.5. The zero-order valence-corrected chi connectivity index (χ0v) is 10.7. The summed E-state index contributed by atoms with van der Waals surface area (Å²) in [4.78, 5) is 4.06. The Morgan fingerprint density at radius 1 is 1.32 bits per heavy atom. The Kier molecular flexibility index (Phi) is 3.14. The average molecular weight is 264 g/mol. The predicted octanol–water partition coefficient (Wildman–Crippen LogP) is 3.07. The van der Waals surface area contributed by atoms with Gasteiger partial charge in [-0.1, -0.05) is 25.3 Å². The lowest BCUT2D eigenvalue weighted by Gasteiger charge is -2.31. The maximum absolute atomic E-state index is 13.5. The summed E-state index contributed by atoms with van der Waals surface area (Å²) in [6, 6.07) is 4.87. The van der Waals surface area contributed by atoms with Gasteiger partial charge in [0.15, 0.2) is 11.4 Å². The Morgan fingerprint density at radius 2 is 2.11 bits per heavy atom. The molecule has 0 radical (unpaired) electrons. The highest BCUT2D eigenvalue weighted by atomic mass is 19.1. The summed E-state index contributed by atoms with van der Waals surface area (Å²) < 4.78 is 18.9. The second kappa shape index (κ2) is 4.81. The van der Waals surface area contributed by atoms with Crippen molar-refractivity contribution in [2.45, 2.75) is 37.7 Å². The van der Waals surface area contributed by atoms with Crippen molar-refractivity contribution in [1.82, 2.24) is 4.98 Å². The molecule has 1 saturated carbocycles. The molecule has 1 fully saturated rings. The Morgan fingerprint density at radius 3 is 2.84 bits per heavy atom. The van der Waals surface area contributed by atoms with E-state index in [0.29, 0.717) is 12.1 Å². The molecule has 2 N–H and O–H groups in total. The van der Waals surface area contributed by atoms with E-state index in [9.17, 15) is 9.50 Å². The fourth-order valence-corrected chi connectivity index (χ4v) is 2.62. The topological polar surface area (TPSA) is 58.3 Å². The molecule has 0 saturated heterocycles. The van der Waals surface area contributed by atoms with Crippen molar-refractivity contribution >= 4 is 17.1 Å². The first-order valence-corrected chi connectivity index (χ1v) is 6.68. The first kappa shape index (κ1) is 12.4. The van der Waals surface area contributed by atoms with Gasteiger partial charge in [0.05, 0.1) is 5.60 Å². The minimum atomic E-state index is -0.697. The molecular formula is C14H17FN2O2. The number of nitrogens with zero attached hydrogens (tertiary/aromatic N) is 1. The number of oxazole rings is 1. The fourth-order valence-electron chi connectivity index (χ4n) is 2.62. The number of aromatic nitrogens is 1. The molecule has 1 aromatic carbocycles. The lowest BCUT2D eigenvalue weighted by Crippen LogP contribution is -2.38. The van der Waals surface area contributed by atoms with E-state index in [1.54, 1.807) is 12.1 Å². The molecule has 1 aliphatic rings. The second-order valence-corrected chi connectivity index (χ2v) is 5.24. The molecule has 4 nitrogen and oxygen atoms in total.